The highest BCUT2D eigenvalue weighted by Gasteiger charge is 2.51. The van der Waals surface area contributed by atoms with E-state index >= 15 is 0 Å². The minimum absolute atomic E-state index is 0.0310. The highest BCUT2D eigenvalue weighted by molar-refractivity contribution is 5.93. The number of amides is 2. The van der Waals surface area contributed by atoms with Crippen LogP contribution in [0.4, 0.5) is 0 Å². The molecule has 5 rings (SSSR count). The molecule has 4 bridgehead atoms. The number of hydrogen-bond acceptors (Lipinski definition) is 3. The van der Waals surface area contributed by atoms with Crippen molar-refractivity contribution in [3.63, 3.8) is 0 Å². The number of piperidine rings is 2. The van der Waals surface area contributed by atoms with Crippen LogP contribution in [-0.2, 0) is 9.59 Å². The lowest BCUT2D eigenvalue weighted by Gasteiger charge is -2.57. The van der Waals surface area contributed by atoms with Crippen molar-refractivity contribution in [1.29, 1.82) is 0 Å². The smallest absolute Gasteiger partial charge is 0.247 e. The van der Waals surface area contributed by atoms with Crippen LogP contribution >= 0.6 is 0 Å². The Morgan fingerprint density at radius 2 is 2.10 bits per heavy atom. The topological polar surface area (TPSA) is 61.4 Å². The Morgan fingerprint density at radius 3 is 2.70 bits per heavy atom. The number of nitrogens with one attached hydrogen (secondary N) is 2. The summed E-state index contributed by atoms with van der Waals surface area (Å²) in [6, 6.07) is 0.580. The van der Waals surface area contributed by atoms with Gasteiger partial charge < -0.3 is 10.2 Å². The van der Waals surface area contributed by atoms with Gasteiger partial charge in [-0.25, -0.2) is 0 Å². The zero-order chi connectivity index (χ0) is 13.7. The van der Waals surface area contributed by atoms with Gasteiger partial charge in [-0.05, 0) is 43.9 Å². The van der Waals surface area contributed by atoms with Crippen LogP contribution in [0.3, 0.4) is 0 Å². The fourth-order valence-corrected chi connectivity index (χ4v) is 4.83. The summed E-state index contributed by atoms with van der Waals surface area (Å²) >= 11 is 0. The monoisotopic (exact) mass is 275 g/mol. The zero-order valence-corrected chi connectivity index (χ0v) is 11.6. The van der Waals surface area contributed by atoms with Crippen molar-refractivity contribution in [2.24, 2.45) is 11.8 Å². The molecule has 0 aromatic rings. The van der Waals surface area contributed by atoms with Crippen LogP contribution in [-0.4, -0.2) is 41.5 Å². The fourth-order valence-electron chi connectivity index (χ4n) is 4.83. The van der Waals surface area contributed by atoms with Crippen molar-refractivity contribution in [3.05, 3.63) is 12.2 Å². The van der Waals surface area contributed by atoms with Crippen molar-refractivity contribution >= 4 is 11.8 Å². The normalized spacial score (nSPS) is 41.5. The van der Waals surface area contributed by atoms with E-state index in [-0.39, 0.29) is 24.0 Å². The molecule has 2 unspecified atom stereocenters. The van der Waals surface area contributed by atoms with E-state index in [0.717, 1.165) is 24.7 Å². The molecule has 108 valence electrons. The lowest BCUT2D eigenvalue weighted by Crippen LogP contribution is -2.71. The molecule has 5 nitrogen and oxygen atoms in total. The first-order chi connectivity index (χ1) is 9.62. The van der Waals surface area contributed by atoms with Gasteiger partial charge in [0.05, 0.1) is 5.66 Å². The Hall–Kier alpha value is -1.36. The second-order valence-corrected chi connectivity index (χ2v) is 6.94. The summed E-state index contributed by atoms with van der Waals surface area (Å²) in [4.78, 5) is 25.4. The van der Waals surface area contributed by atoms with Gasteiger partial charge in [-0.3, -0.25) is 14.9 Å². The van der Waals surface area contributed by atoms with Crippen molar-refractivity contribution < 1.29 is 9.59 Å². The third-order valence-corrected chi connectivity index (χ3v) is 5.27. The molecular formula is C15H21N3O2. The number of hydrogen-bond donors (Lipinski definition) is 2. The molecule has 20 heavy (non-hydrogen) atoms. The number of carbonyl (C=O) groups excluding carboxylic acids is 2. The van der Waals surface area contributed by atoms with Gasteiger partial charge in [-0.1, -0.05) is 6.08 Å². The summed E-state index contributed by atoms with van der Waals surface area (Å²) in [7, 11) is 0. The van der Waals surface area contributed by atoms with E-state index < -0.39 is 0 Å². The Kier molecular flexibility index (Phi) is 2.67. The highest BCUT2D eigenvalue weighted by Crippen LogP contribution is 2.48. The molecule has 0 spiro atoms. The minimum Gasteiger partial charge on any atom is -0.336 e. The van der Waals surface area contributed by atoms with Crippen molar-refractivity contribution in [2.45, 2.75) is 43.8 Å². The van der Waals surface area contributed by atoms with Crippen LogP contribution in [0.5, 0.6) is 0 Å². The quantitative estimate of drug-likeness (QED) is 0.783. The van der Waals surface area contributed by atoms with Gasteiger partial charge in [0.15, 0.2) is 0 Å². The lowest BCUT2D eigenvalue weighted by atomic mass is 9.62. The van der Waals surface area contributed by atoms with Gasteiger partial charge >= 0.3 is 0 Å². The average Bonchev–Trinajstić information content (AvgIpc) is 2.72. The molecular weight excluding hydrogens is 254 g/mol. The molecule has 3 aliphatic heterocycles. The first-order valence-corrected chi connectivity index (χ1v) is 7.66. The average molecular weight is 275 g/mol. The van der Waals surface area contributed by atoms with Crippen LogP contribution in [0.1, 0.15) is 32.1 Å². The maximum Gasteiger partial charge on any atom is 0.247 e. The summed E-state index contributed by atoms with van der Waals surface area (Å²) in [5.74, 6) is 1.45. The van der Waals surface area contributed by atoms with Crippen LogP contribution in [0.15, 0.2) is 12.2 Å². The fraction of sp³-hybridized carbons (Fsp3) is 0.733. The minimum atomic E-state index is -0.192. The highest BCUT2D eigenvalue weighted by atomic mass is 16.2. The molecule has 0 aromatic heterocycles. The first-order valence-electron chi connectivity index (χ1n) is 7.66. The van der Waals surface area contributed by atoms with Gasteiger partial charge in [-0.2, -0.15) is 0 Å². The molecule has 4 fully saturated rings. The van der Waals surface area contributed by atoms with Crippen molar-refractivity contribution in [1.82, 2.24) is 15.5 Å². The van der Waals surface area contributed by atoms with Crippen molar-refractivity contribution in [3.8, 4) is 0 Å². The molecule has 5 aliphatic rings. The predicted molar refractivity (Wildman–Crippen MR) is 73.6 cm³/mol. The molecule has 2 aliphatic carbocycles. The maximum absolute atomic E-state index is 12.3. The molecule has 0 radical (unpaired) electrons. The molecule has 5 heteroatoms. The second-order valence-electron chi connectivity index (χ2n) is 6.94. The third kappa shape index (κ3) is 2.04. The SMILES string of the molecule is O=C(CN1CC=CC1=O)NC12CC3CC(CC(C3)N1)C2. The second kappa shape index (κ2) is 4.32. The van der Waals surface area contributed by atoms with Gasteiger partial charge in [0.25, 0.3) is 0 Å². The van der Waals surface area contributed by atoms with E-state index in [1.165, 1.54) is 25.3 Å². The van der Waals surface area contributed by atoms with Crippen LogP contribution in [0.2, 0.25) is 0 Å². The largest absolute Gasteiger partial charge is 0.336 e. The van der Waals surface area contributed by atoms with Gasteiger partial charge in [0.2, 0.25) is 11.8 Å². The zero-order valence-electron chi connectivity index (χ0n) is 11.6. The number of rotatable bonds is 3. The van der Waals surface area contributed by atoms with E-state index in [2.05, 4.69) is 10.6 Å². The Balaban J connectivity index is 1.41. The summed E-state index contributed by atoms with van der Waals surface area (Å²) in [5.41, 5.74) is -0.192. The standard InChI is InChI=1S/C15H21N3O2/c19-13(9-18-3-1-2-14(18)20)17-15-7-10-4-11(8-15)6-12(5-10)16-15/h1-2,10-12,16H,3-9H2,(H,17,19). The summed E-state index contributed by atoms with van der Waals surface area (Å²) < 4.78 is 0. The van der Waals surface area contributed by atoms with Crippen molar-refractivity contribution in [2.75, 3.05) is 13.1 Å². The van der Waals surface area contributed by atoms with Gasteiger partial charge in [-0.15, -0.1) is 0 Å². The molecule has 2 amide bonds. The third-order valence-electron chi connectivity index (χ3n) is 5.27. The summed E-state index contributed by atoms with van der Waals surface area (Å²) in [6.07, 6.45) is 9.32. The summed E-state index contributed by atoms with van der Waals surface area (Å²) in [5, 5.41) is 6.84. The first kappa shape index (κ1) is 12.4. The predicted octanol–water partition coefficient (Wildman–Crippen LogP) is 0.379. The van der Waals surface area contributed by atoms with E-state index in [0.29, 0.717) is 12.6 Å². The summed E-state index contributed by atoms with van der Waals surface area (Å²) in [6.45, 7) is 0.732. The van der Waals surface area contributed by atoms with Crippen LogP contribution in [0.25, 0.3) is 0 Å². The molecule has 3 heterocycles. The Labute approximate surface area is 118 Å². The Morgan fingerprint density at radius 1 is 1.35 bits per heavy atom. The van der Waals surface area contributed by atoms with Gasteiger partial charge in [0, 0.05) is 18.7 Å². The van der Waals surface area contributed by atoms with E-state index in [4.69, 9.17) is 0 Å². The van der Waals surface area contributed by atoms with E-state index in [9.17, 15) is 9.59 Å². The lowest BCUT2D eigenvalue weighted by molar-refractivity contribution is -0.134. The van der Waals surface area contributed by atoms with E-state index in [1.54, 1.807) is 11.0 Å². The molecule has 2 saturated heterocycles. The molecule has 2 atom stereocenters. The number of nitrogens with zero attached hydrogens (tertiary/aromatic N) is 1. The van der Waals surface area contributed by atoms with E-state index in [1.807, 2.05) is 0 Å². The van der Waals surface area contributed by atoms with Gasteiger partial charge in [0.1, 0.15) is 6.54 Å². The van der Waals surface area contributed by atoms with Crippen LogP contribution < -0.4 is 10.6 Å². The molecule has 2 N–H and O–H groups in total. The van der Waals surface area contributed by atoms with Crippen LogP contribution in [0, 0.1) is 11.8 Å². The maximum atomic E-state index is 12.3. The Bertz CT molecular complexity index is 450. The molecule has 2 saturated carbocycles. The molecule has 0 aromatic carbocycles. The number of carbonyl (C=O) groups is 2.